The first-order valence-electron chi connectivity index (χ1n) is 7.95. The molecule has 0 saturated carbocycles. The zero-order valence-corrected chi connectivity index (χ0v) is 16.0. The number of carbonyl (C=O) groups excluding carboxylic acids is 1. The van der Waals surface area contributed by atoms with Crippen molar-refractivity contribution < 1.29 is 22.8 Å². The predicted molar refractivity (Wildman–Crippen MR) is 92.6 cm³/mol. The molecule has 0 bridgehead atoms. The maximum absolute atomic E-state index is 12.5. The van der Waals surface area contributed by atoms with E-state index in [0.717, 1.165) is 0 Å². The fraction of sp³-hybridized carbons (Fsp3) is 0.750. The van der Waals surface area contributed by atoms with Gasteiger partial charge < -0.3 is 9.63 Å². The standard InChI is InChI=1S/C16H28N2O5S/c1-11(2)7-8-24(21,22)16(5,6)14(20)17-13-9-12(18-23-13)15(3,4)10-19/h9,11,19H,7-8,10H2,1-6H3,(H,17,20). The van der Waals surface area contributed by atoms with Crippen molar-refractivity contribution >= 4 is 21.6 Å². The van der Waals surface area contributed by atoms with E-state index < -0.39 is 25.9 Å². The SMILES string of the molecule is CC(C)CCS(=O)(=O)C(C)(C)C(=O)Nc1cc(C(C)(C)CO)no1. The summed E-state index contributed by atoms with van der Waals surface area (Å²) in [6, 6.07) is 1.49. The minimum Gasteiger partial charge on any atom is -0.395 e. The Morgan fingerprint density at radius 2 is 1.92 bits per heavy atom. The van der Waals surface area contributed by atoms with Crippen LogP contribution in [0.2, 0.25) is 0 Å². The van der Waals surface area contributed by atoms with Crippen LogP contribution in [0.3, 0.4) is 0 Å². The summed E-state index contributed by atoms with van der Waals surface area (Å²) in [5.74, 6) is -0.430. The van der Waals surface area contributed by atoms with Crippen LogP contribution in [0.15, 0.2) is 10.6 Å². The van der Waals surface area contributed by atoms with Gasteiger partial charge in [-0.1, -0.05) is 32.9 Å². The minimum atomic E-state index is -3.61. The fourth-order valence-corrected chi connectivity index (χ4v) is 3.41. The fourth-order valence-electron chi connectivity index (χ4n) is 1.78. The molecule has 138 valence electrons. The van der Waals surface area contributed by atoms with Crippen molar-refractivity contribution in [1.82, 2.24) is 5.16 Å². The molecule has 0 aliphatic heterocycles. The minimum absolute atomic E-state index is 0.0513. The summed E-state index contributed by atoms with van der Waals surface area (Å²) in [6.07, 6.45) is 0.496. The van der Waals surface area contributed by atoms with E-state index in [-0.39, 0.29) is 24.2 Å². The van der Waals surface area contributed by atoms with Gasteiger partial charge in [-0.25, -0.2) is 8.42 Å². The molecule has 1 rings (SSSR count). The summed E-state index contributed by atoms with van der Waals surface area (Å²) in [6.45, 7) is 10.0. The molecule has 0 aliphatic carbocycles. The second-order valence-corrected chi connectivity index (χ2v) is 10.2. The molecule has 2 N–H and O–H groups in total. The van der Waals surface area contributed by atoms with E-state index in [9.17, 15) is 18.3 Å². The number of rotatable bonds is 8. The summed E-state index contributed by atoms with van der Waals surface area (Å²) >= 11 is 0. The highest BCUT2D eigenvalue weighted by Crippen LogP contribution is 2.26. The Morgan fingerprint density at radius 1 is 1.33 bits per heavy atom. The van der Waals surface area contributed by atoms with Crippen molar-refractivity contribution in [3.05, 3.63) is 11.8 Å². The molecule has 1 aromatic heterocycles. The number of nitrogens with one attached hydrogen (secondary N) is 1. The van der Waals surface area contributed by atoms with Crippen LogP contribution in [-0.2, 0) is 20.0 Å². The second-order valence-electron chi connectivity index (χ2n) is 7.58. The number of aromatic nitrogens is 1. The first-order chi connectivity index (χ1) is 10.8. The molecule has 0 aliphatic rings. The smallest absolute Gasteiger partial charge is 0.247 e. The lowest BCUT2D eigenvalue weighted by Crippen LogP contribution is -2.45. The largest absolute Gasteiger partial charge is 0.395 e. The Hall–Kier alpha value is -1.41. The topological polar surface area (TPSA) is 110 Å². The monoisotopic (exact) mass is 360 g/mol. The number of sulfone groups is 1. The summed E-state index contributed by atoms with van der Waals surface area (Å²) in [7, 11) is -3.61. The number of anilines is 1. The Balaban J connectivity index is 2.90. The van der Waals surface area contributed by atoms with Crippen LogP contribution in [0, 0.1) is 5.92 Å². The number of nitrogens with zero attached hydrogens (tertiary/aromatic N) is 1. The van der Waals surface area contributed by atoms with Crippen molar-refractivity contribution in [3.8, 4) is 0 Å². The van der Waals surface area contributed by atoms with Gasteiger partial charge in [0.25, 0.3) is 0 Å². The number of aliphatic hydroxyl groups excluding tert-OH is 1. The first-order valence-corrected chi connectivity index (χ1v) is 9.60. The molecule has 0 unspecified atom stereocenters. The number of amides is 1. The molecule has 0 spiro atoms. The molecule has 0 saturated heterocycles. The molecule has 1 aromatic rings. The summed E-state index contributed by atoms with van der Waals surface area (Å²) in [4.78, 5) is 12.4. The number of hydrogen-bond acceptors (Lipinski definition) is 6. The van der Waals surface area contributed by atoms with E-state index >= 15 is 0 Å². The third kappa shape index (κ3) is 4.57. The predicted octanol–water partition coefficient (Wildman–Crippen LogP) is 2.12. The first kappa shape index (κ1) is 20.6. The van der Waals surface area contributed by atoms with Gasteiger partial charge in [0.2, 0.25) is 11.8 Å². The van der Waals surface area contributed by atoms with Crippen LogP contribution >= 0.6 is 0 Å². The van der Waals surface area contributed by atoms with Crippen molar-refractivity contribution in [2.45, 2.75) is 58.1 Å². The number of hydrogen-bond donors (Lipinski definition) is 2. The van der Waals surface area contributed by atoms with Gasteiger partial charge in [-0.2, -0.15) is 0 Å². The highest BCUT2D eigenvalue weighted by atomic mass is 32.2. The quantitative estimate of drug-likeness (QED) is 0.735. The van der Waals surface area contributed by atoms with Crippen LogP contribution in [0.1, 0.15) is 53.7 Å². The van der Waals surface area contributed by atoms with Crippen LogP contribution < -0.4 is 5.32 Å². The summed E-state index contributed by atoms with van der Waals surface area (Å²) < 4.78 is 28.4. The Kier molecular flexibility index (Phi) is 6.21. The Labute approximate surface area is 143 Å². The highest BCUT2D eigenvalue weighted by Gasteiger charge is 2.41. The van der Waals surface area contributed by atoms with Gasteiger partial charge in [0.05, 0.1) is 18.1 Å². The van der Waals surface area contributed by atoms with Gasteiger partial charge in [0.15, 0.2) is 9.84 Å². The highest BCUT2D eigenvalue weighted by molar-refractivity contribution is 7.93. The maximum atomic E-state index is 12.5. The van der Waals surface area contributed by atoms with Crippen LogP contribution in [-0.4, -0.2) is 41.7 Å². The second kappa shape index (κ2) is 7.23. The molecule has 0 atom stereocenters. The van der Waals surface area contributed by atoms with Gasteiger partial charge in [-0.15, -0.1) is 0 Å². The molecule has 0 fully saturated rings. The lowest BCUT2D eigenvalue weighted by Gasteiger charge is -2.23. The molecule has 1 heterocycles. The lowest BCUT2D eigenvalue weighted by molar-refractivity contribution is -0.118. The van der Waals surface area contributed by atoms with Gasteiger partial charge in [0.1, 0.15) is 4.75 Å². The van der Waals surface area contributed by atoms with Gasteiger partial charge in [-0.05, 0) is 26.2 Å². The Morgan fingerprint density at radius 3 is 2.42 bits per heavy atom. The van der Waals surface area contributed by atoms with Crippen LogP contribution in [0.4, 0.5) is 5.88 Å². The van der Waals surface area contributed by atoms with Crippen molar-refractivity contribution in [2.24, 2.45) is 5.92 Å². The van der Waals surface area contributed by atoms with Crippen LogP contribution in [0.25, 0.3) is 0 Å². The molecule has 1 amide bonds. The average molecular weight is 360 g/mol. The average Bonchev–Trinajstić information content (AvgIpc) is 2.94. The van der Waals surface area contributed by atoms with Crippen molar-refractivity contribution in [2.75, 3.05) is 17.7 Å². The van der Waals surface area contributed by atoms with E-state index in [2.05, 4.69) is 10.5 Å². The van der Waals surface area contributed by atoms with E-state index in [4.69, 9.17) is 4.52 Å². The lowest BCUT2D eigenvalue weighted by atomic mass is 9.91. The van der Waals surface area contributed by atoms with Crippen molar-refractivity contribution in [3.63, 3.8) is 0 Å². The third-order valence-electron chi connectivity index (χ3n) is 4.12. The van der Waals surface area contributed by atoms with E-state index in [1.54, 1.807) is 13.8 Å². The van der Waals surface area contributed by atoms with Gasteiger partial charge in [-0.3, -0.25) is 10.1 Å². The maximum Gasteiger partial charge on any atom is 0.247 e. The number of aliphatic hydroxyl groups is 1. The normalized spacial score (nSPS) is 13.3. The van der Waals surface area contributed by atoms with Crippen LogP contribution in [0.5, 0.6) is 0 Å². The molecule has 8 heteroatoms. The summed E-state index contributed by atoms with van der Waals surface area (Å²) in [5.41, 5.74) is -0.147. The summed E-state index contributed by atoms with van der Waals surface area (Å²) in [5, 5.41) is 15.6. The van der Waals surface area contributed by atoms with Gasteiger partial charge >= 0.3 is 0 Å². The molecule has 7 nitrogen and oxygen atoms in total. The van der Waals surface area contributed by atoms with Crippen molar-refractivity contribution in [1.29, 1.82) is 0 Å². The van der Waals surface area contributed by atoms with E-state index in [1.165, 1.54) is 19.9 Å². The third-order valence-corrected chi connectivity index (χ3v) is 6.64. The van der Waals surface area contributed by atoms with E-state index in [0.29, 0.717) is 12.1 Å². The molecule has 0 aromatic carbocycles. The van der Waals surface area contributed by atoms with E-state index in [1.807, 2.05) is 13.8 Å². The molecule has 0 radical (unpaired) electrons. The van der Waals surface area contributed by atoms with Gasteiger partial charge in [0, 0.05) is 11.5 Å². The molecule has 24 heavy (non-hydrogen) atoms. The molecular formula is C16H28N2O5S. The zero-order valence-electron chi connectivity index (χ0n) is 15.2. The molecular weight excluding hydrogens is 332 g/mol. The number of carbonyl (C=O) groups is 1. The Bertz CT molecular complexity index is 674. The zero-order chi connectivity index (χ0) is 18.8.